The summed E-state index contributed by atoms with van der Waals surface area (Å²) in [7, 11) is 0. The highest BCUT2D eigenvalue weighted by atomic mass is 16.5. The second-order valence-corrected chi connectivity index (χ2v) is 3.19. The first-order valence-electron chi connectivity index (χ1n) is 4.70. The molecule has 2 N–H and O–H groups in total. The number of ether oxygens (including phenoxy) is 1. The minimum Gasteiger partial charge on any atom is -0.494 e. The lowest BCUT2D eigenvalue weighted by atomic mass is 10.0. The quantitative estimate of drug-likeness (QED) is 0.790. The zero-order chi connectivity index (χ0) is 11.4. The van der Waals surface area contributed by atoms with Crippen LogP contribution in [0, 0.1) is 6.92 Å². The van der Waals surface area contributed by atoms with Crippen molar-refractivity contribution < 1.29 is 19.7 Å². The van der Waals surface area contributed by atoms with Crippen LogP contribution in [0.15, 0.2) is 18.2 Å². The number of aryl methyl sites for hydroxylation is 1. The van der Waals surface area contributed by atoms with Gasteiger partial charge in [-0.25, -0.2) is 4.79 Å². The third-order valence-electron chi connectivity index (χ3n) is 2.08. The van der Waals surface area contributed by atoms with Gasteiger partial charge in [0.25, 0.3) is 0 Å². The second-order valence-electron chi connectivity index (χ2n) is 3.19. The molecule has 82 valence electrons. The largest absolute Gasteiger partial charge is 0.494 e. The molecule has 0 saturated heterocycles. The second kappa shape index (κ2) is 4.79. The van der Waals surface area contributed by atoms with Crippen molar-refractivity contribution in [3.8, 4) is 5.75 Å². The number of benzene rings is 1. The minimum absolute atomic E-state index is 0.394. The highest BCUT2D eigenvalue weighted by molar-refractivity contribution is 5.74. The van der Waals surface area contributed by atoms with Crippen LogP contribution < -0.4 is 4.74 Å². The Morgan fingerprint density at radius 1 is 1.53 bits per heavy atom. The Labute approximate surface area is 88.1 Å². The summed E-state index contributed by atoms with van der Waals surface area (Å²) in [4.78, 5) is 10.6. The van der Waals surface area contributed by atoms with Crippen molar-refractivity contribution in [2.24, 2.45) is 0 Å². The Hall–Kier alpha value is -1.55. The van der Waals surface area contributed by atoms with Gasteiger partial charge in [0.05, 0.1) is 6.61 Å². The molecule has 1 aromatic rings. The number of aliphatic carboxylic acids is 1. The Morgan fingerprint density at radius 2 is 2.20 bits per heavy atom. The van der Waals surface area contributed by atoms with Gasteiger partial charge in [0.1, 0.15) is 5.75 Å². The minimum atomic E-state index is -1.47. The molecule has 15 heavy (non-hydrogen) atoms. The number of rotatable bonds is 4. The van der Waals surface area contributed by atoms with Crippen molar-refractivity contribution in [3.63, 3.8) is 0 Å². The molecule has 4 heteroatoms. The maximum absolute atomic E-state index is 10.6. The predicted octanol–water partition coefficient (Wildman–Crippen LogP) is 1.51. The van der Waals surface area contributed by atoms with E-state index in [0.29, 0.717) is 23.5 Å². The third-order valence-corrected chi connectivity index (χ3v) is 2.08. The Kier molecular flexibility index (Phi) is 3.68. The molecule has 0 amide bonds. The van der Waals surface area contributed by atoms with E-state index in [1.165, 1.54) is 0 Å². The molecule has 0 radical (unpaired) electrons. The molecule has 0 aromatic heterocycles. The Morgan fingerprint density at radius 3 is 2.67 bits per heavy atom. The van der Waals surface area contributed by atoms with E-state index in [0.717, 1.165) is 0 Å². The lowest BCUT2D eigenvalue weighted by Crippen LogP contribution is -2.11. The van der Waals surface area contributed by atoms with Crippen molar-refractivity contribution in [2.45, 2.75) is 20.0 Å². The molecule has 0 saturated carbocycles. The number of carboxylic acids is 1. The zero-order valence-corrected chi connectivity index (χ0v) is 8.73. The molecule has 0 heterocycles. The maximum atomic E-state index is 10.6. The molecule has 1 aromatic carbocycles. The van der Waals surface area contributed by atoms with Crippen LogP contribution in [0.2, 0.25) is 0 Å². The summed E-state index contributed by atoms with van der Waals surface area (Å²) >= 11 is 0. The van der Waals surface area contributed by atoms with Gasteiger partial charge in [0.15, 0.2) is 6.10 Å². The SMILES string of the molecule is CCOc1ccc(C(O)C(=O)O)c(C)c1. The lowest BCUT2D eigenvalue weighted by molar-refractivity contribution is -0.147. The fraction of sp³-hybridized carbons (Fsp3) is 0.364. The fourth-order valence-electron chi connectivity index (χ4n) is 1.34. The number of hydrogen-bond acceptors (Lipinski definition) is 3. The molecular weight excluding hydrogens is 196 g/mol. The van der Waals surface area contributed by atoms with E-state index >= 15 is 0 Å². The van der Waals surface area contributed by atoms with Crippen LogP contribution in [0.5, 0.6) is 5.75 Å². The van der Waals surface area contributed by atoms with Crippen LogP contribution in [0.25, 0.3) is 0 Å². The van der Waals surface area contributed by atoms with E-state index in [2.05, 4.69) is 0 Å². The molecule has 0 aliphatic heterocycles. The van der Waals surface area contributed by atoms with Gasteiger partial charge in [0, 0.05) is 0 Å². The van der Waals surface area contributed by atoms with Crippen LogP contribution in [-0.4, -0.2) is 22.8 Å². The molecule has 1 rings (SSSR count). The van der Waals surface area contributed by atoms with Gasteiger partial charge in [-0.2, -0.15) is 0 Å². The maximum Gasteiger partial charge on any atom is 0.337 e. The predicted molar refractivity (Wildman–Crippen MR) is 54.9 cm³/mol. The topological polar surface area (TPSA) is 66.8 Å². The zero-order valence-electron chi connectivity index (χ0n) is 8.73. The molecular formula is C11H14O4. The monoisotopic (exact) mass is 210 g/mol. The number of aliphatic hydroxyl groups excluding tert-OH is 1. The van der Waals surface area contributed by atoms with E-state index in [4.69, 9.17) is 9.84 Å². The van der Waals surface area contributed by atoms with Crippen molar-refractivity contribution in [1.82, 2.24) is 0 Å². The number of carbonyl (C=O) groups is 1. The molecule has 4 nitrogen and oxygen atoms in total. The summed E-state index contributed by atoms with van der Waals surface area (Å²) in [5.74, 6) is -0.571. The molecule has 0 aliphatic rings. The van der Waals surface area contributed by atoms with Gasteiger partial charge < -0.3 is 14.9 Å². The van der Waals surface area contributed by atoms with Gasteiger partial charge in [-0.05, 0) is 37.1 Å². The van der Waals surface area contributed by atoms with Gasteiger partial charge in [-0.3, -0.25) is 0 Å². The van der Waals surface area contributed by atoms with Gasteiger partial charge in [0.2, 0.25) is 0 Å². The van der Waals surface area contributed by atoms with Crippen LogP contribution >= 0.6 is 0 Å². The molecule has 0 fully saturated rings. The van der Waals surface area contributed by atoms with Crippen LogP contribution in [0.4, 0.5) is 0 Å². The molecule has 0 aliphatic carbocycles. The average molecular weight is 210 g/mol. The first-order chi connectivity index (χ1) is 7.06. The number of aliphatic hydroxyl groups is 1. The smallest absolute Gasteiger partial charge is 0.337 e. The van der Waals surface area contributed by atoms with Crippen molar-refractivity contribution in [3.05, 3.63) is 29.3 Å². The summed E-state index contributed by atoms with van der Waals surface area (Å²) in [6.07, 6.45) is -1.47. The van der Waals surface area contributed by atoms with Crippen molar-refractivity contribution in [2.75, 3.05) is 6.61 Å². The van der Waals surface area contributed by atoms with E-state index < -0.39 is 12.1 Å². The standard InChI is InChI=1S/C11H14O4/c1-3-15-8-4-5-9(7(2)6-8)10(12)11(13)14/h4-6,10,12H,3H2,1-2H3,(H,13,14). The van der Waals surface area contributed by atoms with E-state index in [1.807, 2.05) is 6.92 Å². The van der Waals surface area contributed by atoms with Crippen LogP contribution in [0.3, 0.4) is 0 Å². The average Bonchev–Trinajstić information content (AvgIpc) is 2.17. The summed E-state index contributed by atoms with van der Waals surface area (Å²) in [6.45, 7) is 4.17. The molecule has 1 unspecified atom stereocenters. The molecule has 0 bridgehead atoms. The normalized spacial score (nSPS) is 12.2. The third kappa shape index (κ3) is 2.70. The Balaban J connectivity index is 2.97. The van der Waals surface area contributed by atoms with Gasteiger partial charge >= 0.3 is 5.97 Å². The first kappa shape index (κ1) is 11.5. The van der Waals surface area contributed by atoms with Crippen LogP contribution in [0.1, 0.15) is 24.2 Å². The Bertz CT molecular complexity index is 360. The summed E-state index contributed by atoms with van der Waals surface area (Å²) in [6, 6.07) is 4.93. The number of hydrogen-bond donors (Lipinski definition) is 2. The highest BCUT2D eigenvalue weighted by Gasteiger charge is 2.17. The van der Waals surface area contributed by atoms with Crippen molar-refractivity contribution in [1.29, 1.82) is 0 Å². The summed E-state index contributed by atoms with van der Waals surface area (Å²) < 4.78 is 5.25. The lowest BCUT2D eigenvalue weighted by Gasteiger charge is -2.11. The van der Waals surface area contributed by atoms with Crippen molar-refractivity contribution >= 4 is 5.97 Å². The first-order valence-corrected chi connectivity index (χ1v) is 4.70. The molecule has 0 spiro atoms. The molecule has 1 atom stereocenters. The highest BCUT2D eigenvalue weighted by Crippen LogP contribution is 2.22. The van der Waals surface area contributed by atoms with E-state index in [9.17, 15) is 9.90 Å². The summed E-state index contributed by atoms with van der Waals surface area (Å²) in [5.41, 5.74) is 1.10. The van der Waals surface area contributed by atoms with E-state index in [1.54, 1.807) is 25.1 Å². The van der Waals surface area contributed by atoms with E-state index in [-0.39, 0.29) is 0 Å². The number of carboxylic acid groups (broad SMARTS) is 1. The van der Waals surface area contributed by atoms with Gasteiger partial charge in [-0.1, -0.05) is 6.07 Å². The fourth-order valence-corrected chi connectivity index (χ4v) is 1.34. The summed E-state index contributed by atoms with van der Waals surface area (Å²) in [5, 5.41) is 18.0. The van der Waals surface area contributed by atoms with Gasteiger partial charge in [-0.15, -0.1) is 0 Å². The van der Waals surface area contributed by atoms with Crippen LogP contribution in [-0.2, 0) is 4.79 Å².